The SMILES string of the molecule is CCC(C)C(=O)OC(C)C(=O)Nc1c(C)nn(C)c1C. The molecule has 0 radical (unpaired) electrons. The maximum absolute atomic E-state index is 12.0. The van der Waals surface area contributed by atoms with E-state index in [1.165, 1.54) is 0 Å². The number of carbonyl (C=O) groups excluding carboxylic acids is 2. The average Bonchev–Trinajstić information content (AvgIpc) is 2.64. The van der Waals surface area contributed by atoms with Crippen LogP contribution in [-0.4, -0.2) is 27.8 Å². The molecule has 6 heteroatoms. The molecule has 0 fully saturated rings. The molecule has 2 atom stereocenters. The van der Waals surface area contributed by atoms with Crippen molar-refractivity contribution in [1.29, 1.82) is 0 Å². The van der Waals surface area contributed by atoms with E-state index in [4.69, 9.17) is 4.74 Å². The van der Waals surface area contributed by atoms with Crippen LogP contribution in [0.5, 0.6) is 0 Å². The summed E-state index contributed by atoms with van der Waals surface area (Å²) in [5.74, 6) is -0.900. The van der Waals surface area contributed by atoms with Crippen LogP contribution in [0.3, 0.4) is 0 Å². The highest BCUT2D eigenvalue weighted by atomic mass is 16.5. The van der Waals surface area contributed by atoms with E-state index < -0.39 is 6.10 Å². The summed E-state index contributed by atoms with van der Waals surface area (Å²) in [5.41, 5.74) is 2.26. The van der Waals surface area contributed by atoms with E-state index in [9.17, 15) is 9.59 Å². The summed E-state index contributed by atoms with van der Waals surface area (Å²) in [7, 11) is 1.81. The normalized spacial score (nSPS) is 13.7. The Morgan fingerprint density at radius 2 is 1.95 bits per heavy atom. The van der Waals surface area contributed by atoms with E-state index >= 15 is 0 Å². The van der Waals surface area contributed by atoms with Gasteiger partial charge in [-0.3, -0.25) is 14.3 Å². The van der Waals surface area contributed by atoms with Gasteiger partial charge in [-0.25, -0.2) is 0 Å². The molecule has 1 heterocycles. The lowest BCUT2D eigenvalue weighted by atomic mass is 10.1. The standard InChI is InChI=1S/C14H23N3O3/c1-7-8(2)14(19)20-11(5)13(18)15-12-9(3)16-17(6)10(12)4/h8,11H,7H2,1-6H3,(H,15,18). The van der Waals surface area contributed by atoms with Gasteiger partial charge in [0.25, 0.3) is 5.91 Å². The molecule has 2 unspecified atom stereocenters. The zero-order chi connectivity index (χ0) is 15.4. The highest BCUT2D eigenvalue weighted by Crippen LogP contribution is 2.19. The van der Waals surface area contributed by atoms with Crippen LogP contribution < -0.4 is 5.32 Å². The maximum atomic E-state index is 12.0. The predicted molar refractivity (Wildman–Crippen MR) is 76.3 cm³/mol. The molecule has 0 saturated carbocycles. The number of ether oxygens (including phenoxy) is 1. The Morgan fingerprint density at radius 3 is 2.40 bits per heavy atom. The van der Waals surface area contributed by atoms with Gasteiger partial charge in [0.05, 0.1) is 23.0 Å². The molecule has 1 amide bonds. The molecule has 1 rings (SSSR count). The zero-order valence-electron chi connectivity index (χ0n) is 13.0. The van der Waals surface area contributed by atoms with Crippen molar-refractivity contribution in [3.8, 4) is 0 Å². The fourth-order valence-corrected chi connectivity index (χ4v) is 1.69. The quantitative estimate of drug-likeness (QED) is 0.837. The molecule has 0 aliphatic rings. The fourth-order valence-electron chi connectivity index (χ4n) is 1.69. The molecule has 1 aromatic heterocycles. The number of nitrogens with zero attached hydrogens (tertiary/aromatic N) is 2. The van der Waals surface area contributed by atoms with Crippen molar-refractivity contribution in [3.63, 3.8) is 0 Å². The second kappa shape index (κ2) is 6.54. The molecule has 112 valence electrons. The van der Waals surface area contributed by atoms with Crippen LogP contribution in [0.1, 0.15) is 38.6 Å². The van der Waals surface area contributed by atoms with Crippen molar-refractivity contribution in [2.45, 2.75) is 47.1 Å². The van der Waals surface area contributed by atoms with E-state index in [2.05, 4.69) is 10.4 Å². The molecule has 0 aliphatic heterocycles. The van der Waals surface area contributed by atoms with Gasteiger partial charge in [-0.1, -0.05) is 13.8 Å². The lowest BCUT2D eigenvalue weighted by Crippen LogP contribution is -2.32. The number of anilines is 1. The number of hydrogen-bond acceptors (Lipinski definition) is 4. The number of esters is 1. The molecule has 0 aromatic carbocycles. The Hall–Kier alpha value is -1.85. The molecular formula is C14H23N3O3. The summed E-state index contributed by atoms with van der Waals surface area (Å²) < 4.78 is 6.84. The first-order valence-electron chi connectivity index (χ1n) is 6.79. The number of aromatic nitrogens is 2. The van der Waals surface area contributed by atoms with E-state index in [0.29, 0.717) is 12.1 Å². The van der Waals surface area contributed by atoms with Gasteiger partial charge in [0.1, 0.15) is 0 Å². The lowest BCUT2D eigenvalue weighted by Gasteiger charge is -2.16. The summed E-state index contributed by atoms with van der Waals surface area (Å²) in [6.45, 7) is 8.93. The minimum absolute atomic E-state index is 0.202. The highest BCUT2D eigenvalue weighted by molar-refractivity contribution is 5.96. The van der Waals surface area contributed by atoms with E-state index in [1.807, 2.05) is 27.8 Å². The Kier molecular flexibility index (Phi) is 5.30. The molecular weight excluding hydrogens is 258 g/mol. The van der Waals surface area contributed by atoms with E-state index in [-0.39, 0.29) is 17.8 Å². The Balaban J connectivity index is 2.69. The van der Waals surface area contributed by atoms with Crippen LogP contribution in [0.2, 0.25) is 0 Å². The van der Waals surface area contributed by atoms with Crippen molar-refractivity contribution >= 4 is 17.6 Å². The van der Waals surface area contributed by atoms with Gasteiger partial charge in [0.2, 0.25) is 0 Å². The Morgan fingerprint density at radius 1 is 1.35 bits per heavy atom. The van der Waals surface area contributed by atoms with Gasteiger partial charge in [-0.15, -0.1) is 0 Å². The third kappa shape index (κ3) is 3.59. The summed E-state index contributed by atoms with van der Waals surface area (Å²) in [6.07, 6.45) is -0.135. The van der Waals surface area contributed by atoms with Crippen LogP contribution in [0, 0.1) is 19.8 Å². The number of rotatable bonds is 5. The summed E-state index contributed by atoms with van der Waals surface area (Å²) >= 11 is 0. The van der Waals surface area contributed by atoms with Gasteiger partial charge in [-0.05, 0) is 27.2 Å². The molecule has 0 spiro atoms. The van der Waals surface area contributed by atoms with E-state index in [0.717, 1.165) is 11.4 Å². The van der Waals surface area contributed by atoms with Crippen molar-refractivity contribution in [1.82, 2.24) is 9.78 Å². The van der Waals surface area contributed by atoms with Crippen LogP contribution in [-0.2, 0) is 21.4 Å². The molecule has 0 bridgehead atoms. The van der Waals surface area contributed by atoms with Gasteiger partial charge in [0, 0.05) is 7.05 Å². The van der Waals surface area contributed by atoms with Gasteiger partial charge in [-0.2, -0.15) is 5.10 Å². The van der Waals surface area contributed by atoms with Crippen molar-refractivity contribution in [3.05, 3.63) is 11.4 Å². The van der Waals surface area contributed by atoms with Crippen LogP contribution in [0.25, 0.3) is 0 Å². The van der Waals surface area contributed by atoms with Crippen LogP contribution >= 0.6 is 0 Å². The van der Waals surface area contributed by atoms with Crippen molar-refractivity contribution < 1.29 is 14.3 Å². The summed E-state index contributed by atoms with van der Waals surface area (Å²) in [4.78, 5) is 23.7. The number of carbonyl (C=O) groups is 2. The lowest BCUT2D eigenvalue weighted by molar-refractivity contribution is -0.156. The molecule has 1 N–H and O–H groups in total. The van der Waals surface area contributed by atoms with Crippen molar-refractivity contribution in [2.24, 2.45) is 13.0 Å². The first-order chi connectivity index (χ1) is 9.27. The zero-order valence-corrected chi connectivity index (χ0v) is 13.0. The highest BCUT2D eigenvalue weighted by Gasteiger charge is 2.22. The molecule has 0 aliphatic carbocycles. The molecule has 0 saturated heterocycles. The monoisotopic (exact) mass is 281 g/mol. The topological polar surface area (TPSA) is 73.2 Å². The Bertz CT molecular complexity index is 508. The number of aryl methyl sites for hydroxylation is 2. The molecule has 1 aromatic rings. The number of hydrogen-bond donors (Lipinski definition) is 1. The van der Waals surface area contributed by atoms with Gasteiger partial charge < -0.3 is 10.1 Å². The Labute approximate surface area is 119 Å². The summed E-state index contributed by atoms with van der Waals surface area (Å²) in [6, 6.07) is 0. The van der Waals surface area contributed by atoms with Gasteiger partial charge >= 0.3 is 5.97 Å². The van der Waals surface area contributed by atoms with Crippen LogP contribution in [0.4, 0.5) is 5.69 Å². The first kappa shape index (κ1) is 16.2. The van der Waals surface area contributed by atoms with E-state index in [1.54, 1.807) is 18.5 Å². The largest absolute Gasteiger partial charge is 0.452 e. The number of amides is 1. The van der Waals surface area contributed by atoms with Gasteiger partial charge in [0.15, 0.2) is 6.10 Å². The smallest absolute Gasteiger partial charge is 0.309 e. The second-order valence-electron chi connectivity index (χ2n) is 5.05. The molecule has 6 nitrogen and oxygen atoms in total. The minimum atomic E-state index is -0.824. The molecule has 20 heavy (non-hydrogen) atoms. The third-order valence-electron chi connectivity index (χ3n) is 3.43. The number of nitrogens with one attached hydrogen (secondary N) is 1. The average molecular weight is 281 g/mol. The maximum Gasteiger partial charge on any atom is 0.309 e. The summed E-state index contributed by atoms with van der Waals surface area (Å²) in [5, 5.41) is 6.98. The predicted octanol–water partition coefficient (Wildman–Crippen LogP) is 1.95. The van der Waals surface area contributed by atoms with Crippen LogP contribution in [0.15, 0.2) is 0 Å². The first-order valence-corrected chi connectivity index (χ1v) is 6.79. The third-order valence-corrected chi connectivity index (χ3v) is 3.43. The minimum Gasteiger partial charge on any atom is -0.452 e. The fraction of sp³-hybridized carbons (Fsp3) is 0.643. The second-order valence-corrected chi connectivity index (χ2v) is 5.05. The van der Waals surface area contributed by atoms with Crippen molar-refractivity contribution in [2.75, 3.05) is 5.32 Å².